The minimum atomic E-state index is -0.0585. The molecule has 1 saturated heterocycles. The first-order chi connectivity index (χ1) is 15.8. The second-order valence-electron chi connectivity index (χ2n) is 8.82. The molecule has 0 unspecified atom stereocenters. The van der Waals surface area contributed by atoms with E-state index in [4.69, 9.17) is 9.97 Å². The molecule has 8 nitrogen and oxygen atoms in total. The van der Waals surface area contributed by atoms with E-state index < -0.39 is 0 Å². The van der Waals surface area contributed by atoms with E-state index >= 15 is 0 Å². The van der Waals surface area contributed by atoms with Crippen LogP contribution in [0.25, 0.3) is 10.8 Å². The molecule has 0 radical (unpaired) electrons. The number of nitrogens with zero attached hydrogens (tertiary/aromatic N) is 6. The smallest absolute Gasteiger partial charge is 0.273 e. The molecule has 0 spiro atoms. The molecule has 1 aliphatic heterocycles. The highest BCUT2D eigenvalue weighted by atomic mass is 16.2. The highest BCUT2D eigenvalue weighted by Gasteiger charge is 2.29. The van der Waals surface area contributed by atoms with Crippen molar-refractivity contribution in [1.29, 1.82) is 0 Å². The summed E-state index contributed by atoms with van der Waals surface area (Å²) in [5.41, 5.74) is 1.28. The minimum Gasteiger partial charge on any atom is -0.363 e. The number of pyridine rings is 1. The first kappa shape index (κ1) is 22.6. The first-order valence-electron chi connectivity index (χ1n) is 11.2. The van der Waals surface area contributed by atoms with Gasteiger partial charge < -0.3 is 14.7 Å². The SMILES string of the molecule is CC(=O)N(C)Cc1cc(N(C)C)nc([C@H]2CCCN(C(=O)c3nccc4ccccc34)C2)n1. The fraction of sp³-hybridized carbons (Fsp3) is 0.400. The van der Waals surface area contributed by atoms with Crippen molar-refractivity contribution >= 4 is 28.4 Å². The lowest BCUT2D eigenvalue weighted by Crippen LogP contribution is -2.40. The minimum absolute atomic E-state index is 0.0152. The zero-order valence-corrected chi connectivity index (χ0v) is 19.7. The lowest BCUT2D eigenvalue weighted by Gasteiger charge is -2.32. The molecule has 2 amide bonds. The Morgan fingerprint density at radius 2 is 1.91 bits per heavy atom. The van der Waals surface area contributed by atoms with Crippen molar-refractivity contribution in [2.24, 2.45) is 0 Å². The topological polar surface area (TPSA) is 82.5 Å². The number of carbonyl (C=O) groups is 2. The van der Waals surface area contributed by atoms with Gasteiger partial charge in [0.1, 0.15) is 17.3 Å². The van der Waals surface area contributed by atoms with E-state index in [9.17, 15) is 9.59 Å². The van der Waals surface area contributed by atoms with Crippen LogP contribution >= 0.6 is 0 Å². The molecule has 172 valence electrons. The van der Waals surface area contributed by atoms with E-state index in [-0.39, 0.29) is 17.7 Å². The van der Waals surface area contributed by atoms with Gasteiger partial charge >= 0.3 is 0 Å². The number of likely N-dealkylation sites (tertiary alicyclic amines) is 1. The van der Waals surface area contributed by atoms with Gasteiger partial charge in [0.15, 0.2) is 0 Å². The second kappa shape index (κ2) is 9.52. The number of benzene rings is 1. The molecule has 0 N–H and O–H groups in total. The number of amides is 2. The number of hydrogen-bond donors (Lipinski definition) is 0. The second-order valence-corrected chi connectivity index (χ2v) is 8.82. The summed E-state index contributed by atoms with van der Waals surface area (Å²) in [7, 11) is 5.64. The predicted octanol–water partition coefficient (Wildman–Crippen LogP) is 3.09. The Balaban J connectivity index is 1.60. The molecule has 2 aromatic heterocycles. The maximum absolute atomic E-state index is 13.4. The average Bonchev–Trinajstić information content (AvgIpc) is 2.83. The Morgan fingerprint density at radius 3 is 2.67 bits per heavy atom. The van der Waals surface area contributed by atoms with E-state index in [1.165, 1.54) is 0 Å². The van der Waals surface area contributed by atoms with Crippen LogP contribution in [0, 0.1) is 0 Å². The molecule has 1 atom stereocenters. The molecule has 1 fully saturated rings. The van der Waals surface area contributed by atoms with Crippen LogP contribution in [0.4, 0.5) is 5.82 Å². The summed E-state index contributed by atoms with van der Waals surface area (Å²) in [4.78, 5) is 44.6. The van der Waals surface area contributed by atoms with Gasteiger partial charge in [0.2, 0.25) is 5.91 Å². The van der Waals surface area contributed by atoms with Gasteiger partial charge in [-0.05, 0) is 24.3 Å². The summed E-state index contributed by atoms with van der Waals surface area (Å²) in [6.45, 7) is 3.19. The Morgan fingerprint density at radius 1 is 1.12 bits per heavy atom. The monoisotopic (exact) mass is 446 g/mol. The number of fused-ring (bicyclic) bond motifs is 1. The highest BCUT2D eigenvalue weighted by Crippen LogP contribution is 2.28. The van der Waals surface area contributed by atoms with Gasteiger partial charge in [0, 0.05) is 64.7 Å². The Labute approximate surface area is 194 Å². The summed E-state index contributed by atoms with van der Waals surface area (Å²) in [5, 5.41) is 1.87. The van der Waals surface area contributed by atoms with Crippen LogP contribution in [-0.4, -0.2) is 70.8 Å². The van der Waals surface area contributed by atoms with Gasteiger partial charge in [-0.25, -0.2) is 9.97 Å². The summed E-state index contributed by atoms with van der Waals surface area (Å²) in [5.74, 6) is 1.47. The molecule has 0 bridgehead atoms. The highest BCUT2D eigenvalue weighted by molar-refractivity contribution is 6.05. The Hall–Kier alpha value is -3.55. The maximum atomic E-state index is 13.4. The van der Waals surface area contributed by atoms with Crippen LogP contribution in [0.3, 0.4) is 0 Å². The van der Waals surface area contributed by atoms with E-state index in [0.29, 0.717) is 25.3 Å². The molecule has 1 aromatic carbocycles. The molecule has 3 heterocycles. The van der Waals surface area contributed by atoms with Gasteiger partial charge in [-0.1, -0.05) is 24.3 Å². The number of rotatable bonds is 5. The Bertz CT molecular complexity index is 1170. The van der Waals surface area contributed by atoms with Crippen molar-refractivity contribution < 1.29 is 9.59 Å². The zero-order chi connectivity index (χ0) is 23.5. The van der Waals surface area contributed by atoms with E-state index in [0.717, 1.165) is 41.0 Å². The number of anilines is 1. The van der Waals surface area contributed by atoms with Crippen molar-refractivity contribution in [1.82, 2.24) is 24.8 Å². The van der Waals surface area contributed by atoms with Crippen LogP contribution in [0.15, 0.2) is 42.6 Å². The molecule has 3 aromatic rings. The number of aromatic nitrogens is 3. The quantitative estimate of drug-likeness (QED) is 0.599. The number of piperidine rings is 1. The summed E-state index contributed by atoms with van der Waals surface area (Å²) < 4.78 is 0. The van der Waals surface area contributed by atoms with Gasteiger partial charge in [-0.2, -0.15) is 0 Å². The lowest BCUT2D eigenvalue weighted by molar-refractivity contribution is -0.128. The molecular weight excluding hydrogens is 416 g/mol. The normalized spacial score (nSPS) is 16.0. The lowest BCUT2D eigenvalue weighted by atomic mass is 9.96. The average molecular weight is 447 g/mol. The summed E-state index contributed by atoms with van der Waals surface area (Å²) in [6, 6.07) is 11.7. The first-order valence-corrected chi connectivity index (χ1v) is 11.2. The summed E-state index contributed by atoms with van der Waals surface area (Å²) in [6.07, 6.45) is 3.48. The van der Waals surface area contributed by atoms with Crippen molar-refractivity contribution in [3.05, 3.63) is 59.8 Å². The van der Waals surface area contributed by atoms with Crippen LogP contribution < -0.4 is 4.90 Å². The zero-order valence-electron chi connectivity index (χ0n) is 19.7. The molecule has 4 rings (SSSR count). The third-order valence-corrected chi connectivity index (χ3v) is 6.13. The van der Waals surface area contributed by atoms with E-state index in [2.05, 4.69) is 4.98 Å². The van der Waals surface area contributed by atoms with Gasteiger partial charge in [-0.3, -0.25) is 14.6 Å². The molecule has 0 aliphatic carbocycles. The van der Waals surface area contributed by atoms with Crippen LogP contribution in [-0.2, 0) is 11.3 Å². The van der Waals surface area contributed by atoms with Crippen molar-refractivity contribution in [2.75, 3.05) is 39.1 Å². The van der Waals surface area contributed by atoms with Gasteiger partial charge in [0.05, 0.1) is 12.2 Å². The summed E-state index contributed by atoms with van der Waals surface area (Å²) >= 11 is 0. The fourth-order valence-corrected chi connectivity index (χ4v) is 4.16. The number of carbonyl (C=O) groups excluding carboxylic acids is 2. The van der Waals surface area contributed by atoms with Crippen molar-refractivity contribution in [3.63, 3.8) is 0 Å². The molecular formula is C25H30N6O2. The maximum Gasteiger partial charge on any atom is 0.273 e. The van der Waals surface area contributed by atoms with Crippen LogP contribution in [0.1, 0.15) is 47.7 Å². The largest absolute Gasteiger partial charge is 0.363 e. The van der Waals surface area contributed by atoms with Crippen molar-refractivity contribution in [3.8, 4) is 0 Å². The fourth-order valence-electron chi connectivity index (χ4n) is 4.16. The molecule has 0 saturated carbocycles. The van der Waals surface area contributed by atoms with E-state index in [1.54, 1.807) is 25.1 Å². The van der Waals surface area contributed by atoms with Crippen LogP contribution in [0.2, 0.25) is 0 Å². The van der Waals surface area contributed by atoms with Gasteiger partial charge in [-0.15, -0.1) is 0 Å². The molecule has 8 heteroatoms. The number of hydrogen-bond acceptors (Lipinski definition) is 6. The third-order valence-electron chi connectivity index (χ3n) is 6.13. The van der Waals surface area contributed by atoms with Crippen molar-refractivity contribution in [2.45, 2.75) is 32.2 Å². The van der Waals surface area contributed by atoms with Gasteiger partial charge in [0.25, 0.3) is 5.91 Å². The predicted molar refractivity (Wildman–Crippen MR) is 128 cm³/mol. The Kier molecular flexibility index (Phi) is 6.53. The standard InChI is InChI=1S/C25H30N6O2/c1-17(32)30(4)16-20-14-22(29(2)3)28-24(27-20)19-9-7-13-31(15-19)25(33)23-21-10-6-5-8-18(21)11-12-26-23/h5-6,8,10-12,14,19H,7,9,13,15-16H2,1-4H3/t19-/m0/s1. The molecule has 33 heavy (non-hydrogen) atoms. The van der Waals surface area contributed by atoms with Crippen LogP contribution in [0.5, 0.6) is 0 Å². The van der Waals surface area contributed by atoms with E-state index in [1.807, 2.05) is 60.3 Å². The molecule has 1 aliphatic rings. The third kappa shape index (κ3) is 4.94.